The van der Waals surface area contributed by atoms with Crippen LogP contribution in [-0.4, -0.2) is 93.6 Å². The first-order chi connectivity index (χ1) is 25.2. The number of aromatic nitrogens is 4. The Morgan fingerprint density at radius 2 is 1.92 bits per heavy atom. The number of hydrogen-bond acceptors (Lipinski definition) is 10. The monoisotopic (exact) mass is 712 g/mol. The van der Waals surface area contributed by atoms with Crippen LogP contribution in [0.2, 0.25) is 0 Å². The molecule has 2 saturated heterocycles. The number of methoxy groups -OCH3 is 1. The number of carboxylic acids is 1. The maximum Gasteiger partial charge on any atom is 0.341 e. The highest BCUT2D eigenvalue weighted by Gasteiger charge is 2.42. The van der Waals surface area contributed by atoms with Gasteiger partial charge in [-0.05, 0) is 69.7 Å². The van der Waals surface area contributed by atoms with E-state index in [0.29, 0.717) is 62.0 Å². The van der Waals surface area contributed by atoms with Gasteiger partial charge in [-0.1, -0.05) is 22.0 Å². The molecule has 0 spiro atoms. The number of anilines is 2. The molecule has 4 aliphatic rings. The number of aryl methyl sites for hydroxylation is 2. The molecular weight excluding hydrogens is 671 g/mol. The summed E-state index contributed by atoms with van der Waals surface area (Å²) >= 11 is 0. The highest BCUT2D eigenvalue weighted by atomic mass is 19.1. The van der Waals surface area contributed by atoms with Crippen LogP contribution < -0.4 is 20.0 Å². The van der Waals surface area contributed by atoms with Gasteiger partial charge in [0.1, 0.15) is 18.4 Å². The van der Waals surface area contributed by atoms with E-state index in [1.165, 1.54) is 26.5 Å². The number of piperidine rings is 1. The van der Waals surface area contributed by atoms with Gasteiger partial charge in [0.15, 0.2) is 17.3 Å². The minimum atomic E-state index is -1.33. The molecule has 15 heteroatoms. The number of rotatable bonds is 11. The summed E-state index contributed by atoms with van der Waals surface area (Å²) in [7, 11) is 2.91. The molecule has 4 aromatic rings. The van der Waals surface area contributed by atoms with Crippen molar-refractivity contribution < 1.29 is 28.7 Å². The predicted molar refractivity (Wildman–Crippen MR) is 191 cm³/mol. The number of nitrogens with zero attached hydrogens (tertiary/aromatic N) is 8. The number of pyridine rings is 1. The minimum absolute atomic E-state index is 0.0165. The Kier molecular flexibility index (Phi) is 8.68. The third-order valence-corrected chi connectivity index (χ3v) is 10.8. The number of benzene rings is 2. The van der Waals surface area contributed by atoms with Crippen molar-refractivity contribution in [2.75, 3.05) is 50.2 Å². The van der Waals surface area contributed by atoms with E-state index in [1.807, 2.05) is 40.9 Å². The third kappa shape index (κ3) is 5.86. The van der Waals surface area contributed by atoms with Crippen LogP contribution >= 0.6 is 0 Å². The first kappa shape index (κ1) is 33.8. The number of carbonyl (C=O) groups is 2. The number of ether oxygens (including phenoxy) is 1. The zero-order valence-electron chi connectivity index (χ0n) is 29.4. The first-order valence-corrected chi connectivity index (χ1v) is 17.8. The molecule has 14 nitrogen and oxygen atoms in total. The fourth-order valence-electron chi connectivity index (χ4n) is 8.32. The standard InChI is InChI=1S/C37H41FN8O6/c1-21-7-10-29-25(14-21)31(40-52-3)36(48)45(29)13-5-12-44-18-23(39-41-44)17-42-11-4-6-22-16-43(20-30(22)42)33-28(38)15-26-32(35(33)51-2)46(24-8-9-24)19-27(34(26)47)37(49)50/h7,10,14-15,18-19,22,24,30H,4-6,8-9,11-13,16-17,20H2,1-3H3,(H,49,50)/b40-31+/t22-,30+/m1/s1. The molecule has 1 amide bonds. The molecule has 8 rings (SSSR count). The van der Waals surface area contributed by atoms with Crippen LogP contribution in [0.5, 0.6) is 5.75 Å². The molecular formula is C37H41FN8O6. The summed E-state index contributed by atoms with van der Waals surface area (Å²) < 4.78 is 25.5. The van der Waals surface area contributed by atoms with Crippen LogP contribution in [0.4, 0.5) is 15.8 Å². The van der Waals surface area contributed by atoms with E-state index in [2.05, 4.69) is 20.4 Å². The second-order valence-electron chi connectivity index (χ2n) is 14.2. The van der Waals surface area contributed by atoms with Crippen molar-refractivity contribution in [3.05, 3.63) is 75.1 Å². The molecule has 0 bridgehead atoms. The van der Waals surface area contributed by atoms with Crippen molar-refractivity contribution in [1.29, 1.82) is 0 Å². The topological polar surface area (TPSA) is 148 Å². The molecule has 1 aliphatic carbocycles. The van der Waals surface area contributed by atoms with Gasteiger partial charge in [0, 0.05) is 62.8 Å². The second kappa shape index (κ2) is 13.3. The normalized spacial score (nSPS) is 20.9. The van der Waals surface area contributed by atoms with E-state index in [-0.39, 0.29) is 34.7 Å². The molecule has 0 radical (unpaired) electrons. The lowest BCUT2D eigenvalue weighted by molar-refractivity contribution is -0.112. The first-order valence-electron chi connectivity index (χ1n) is 17.8. The molecule has 272 valence electrons. The van der Waals surface area contributed by atoms with E-state index in [0.717, 1.165) is 54.7 Å². The number of carboxylic acid groups (broad SMARTS) is 1. The average Bonchev–Trinajstić information content (AvgIpc) is 3.63. The fraction of sp³-hybridized carbons (Fsp3) is 0.459. The largest absolute Gasteiger partial charge is 0.492 e. The van der Waals surface area contributed by atoms with E-state index in [4.69, 9.17) is 9.57 Å². The number of carbonyl (C=O) groups excluding carboxylic acids is 1. The number of aromatic carboxylic acids is 1. The van der Waals surface area contributed by atoms with Crippen LogP contribution in [0, 0.1) is 18.7 Å². The Hall–Kier alpha value is -5.31. The zero-order valence-corrected chi connectivity index (χ0v) is 29.4. The lowest BCUT2D eigenvalue weighted by Gasteiger charge is -2.36. The van der Waals surface area contributed by atoms with Gasteiger partial charge in [0.25, 0.3) is 5.91 Å². The Morgan fingerprint density at radius 3 is 2.67 bits per heavy atom. The van der Waals surface area contributed by atoms with Crippen molar-refractivity contribution in [3.8, 4) is 5.75 Å². The molecule has 5 heterocycles. The molecule has 2 aromatic carbocycles. The van der Waals surface area contributed by atoms with Gasteiger partial charge < -0.3 is 29.0 Å². The van der Waals surface area contributed by atoms with Crippen molar-refractivity contribution in [2.24, 2.45) is 11.1 Å². The summed E-state index contributed by atoms with van der Waals surface area (Å²) in [5, 5.41) is 22.6. The van der Waals surface area contributed by atoms with Crippen molar-refractivity contribution in [3.63, 3.8) is 0 Å². The van der Waals surface area contributed by atoms with E-state index in [9.17, 15) is 19.5 Å². The molecule has 0 unspecified atom stereocenters. The van der Waals surface area contributed by atoms with Crippen LogP contribution in [0.1, 0.15) is 65.3 Å². The summed E-state index contributed by atoms with van der Waals surface area (Å²) in [6, 6.07) is 7.23. The Morgan fingerprint density at radius 1 is 1.10 bits per heavy atom. The molecule has 52 heavy (non-hydrogen) atoms. The SMILES string of the molecule is CO/N=C1/C(=O)N(CCCn2cc(CN3CCC[C@@H]4CN(c5c(F)cc6c(=O)c(C(=O)O)cn(C7CC7)c6c5OC)C[C@@H]43)nn2)c2ccc(C)cc21. The number of halogens is 1. The molecule has 1 saturated carbocycles. The van der Waals surface area contributed by atoms with Crippen LogP contribution in [0.3, 0.4) is 0 Å². The van der Waals surface area contributed by atoms with E-state index >= 15 is 4.39 Å². The lowest BCUT2D eigenvalue weighted by atomic mass is 9.92. The van der Waals surface area contributed by atoms with Crippen LogP contribution in [-0.2, 0) is 22.7 Å². The van der Waals surface area contributed by atoms with Gasteiger partial charge in [0.05, 0.1) is 29.4 Å². The van der Waals surface area contributed by atoms with Gasteiger partial charge in [-0.2, -0.15) is 0 Å². The third-order valence-electron chi connectivity index (χ3n) is 10.8. The summed E-state index contributed by atoms with van der Waals surface area (Å²) in [6.45, 7) is 5.71. The molecule has 3 fully saturated rings. The quantitative estimate of drug-likeness (QED) is 0.227. The molecule has 2 atom stereocenters. The zero-order chi connectivity index (χ0) is 36.3. The Labute approximate surface area is 299 Å². The highest BCUT2D eigenvalue weighted by Crippen LogP contribution is 2.45. The van der Waals surface area contributed by atoms with Crippen molar-refractivity contribution in [2.45, 2.75) is 64.2 Å². The summed E-state index contributed by atoms with van der Waals surface area (Å²) in [4.78, 5) is 49.3. The number of oxime groups is 1. The summed E-state index contributed by atoms with van der Waals surface area (Å²) in [5.41, 5.74) is 3.44. The number of hydrogen-bond donors (Lipinski definition) is 1. The van der Waals surface area contributed by atoms with Gasteiger partial charge in [0.2, 0.25) is 5.43 Å². The minimum Gasteiger partial charge on any atom is -0.492 e. The summed E-state index contributed by atoms with van der Waals surface area (Å²) in [5.74, 6) is -1.56. The lowest BCUT2D eigenvalue weighted by Crippen LogP contribution is -2.44. The Bertz CT molecular complexity index is 2180. The molecule has 2 aromatic heterocycles. The Balaban J connectivity index is 0.969. The average molecular weight is 713 g/mol. The van der Waals surface area contributed by atoms with Gasteiger partial charge in [-0.15, -0.1) is 5.10 Å². The van der Waals surface area contributed by atoms with Crippen molar-refractivity contribution >= 4 is 39.9 Å². The van der Waals surface area contributed by atoms with Gasteiger partial charge in [-0.3, -0.25) is 19.2 Å². The molecule has 1 N–H and O–H groups in total. The predicted octanol–water partition coefficient (Wildman–Crippen LogP) is 3.97. The van der Waals surface area contributed by atoms with E-state index in [1.54, 1.807) is 9.47 Å². The smallest absolute Gasteiger partial charge is 0.341 e. The van der Waals surface area contributed by atoms with Gasteiger partial charge in [-0.25, -0.2) is 9.18 Å². The van der Waals surface area contributed by atoms with E-state index < -0.39 is 17.2 Å². The van der Waals surface area contributed by atoms with Crippen LogP contribution in [0.15, 0.2) is 46.6 Å². The maximum absolute atomic E-state index is 16.1. The number of likely N-dealkylation sites (tertiary alicyclic amines) is 1. The number of amides is 1. The summed E-state index contributed by atoms with van der Waals surface area (Å²) in [6.07, 6.45) is 7.69. The maximum atomic E-state index is 16.1. The highest BCUT2D eigenvalue weighted by molar-refractivity contribution is 6.54. The van der Waals surface area contributed by atoms with Crippen molar-refractivity contribution in [1.82, 2.24) is 24.5 Å². The number of fused-ring (bicyclic) bond motifs is 3. The van der Waals surface area contributed by atoms with Gasteiger partial charge >= 0.3 is 5.97 Å². The molecule has 3 aliphatic heterocycles. The second-order valence-corrected chi connectivity index (χ2v) is 14.2. The fourth-order valence-corrected chi connectivity index (χ4v) is 8.32. The van der Waals surface area contributed by atoms with Crippen LogP contribution in [0.25, 0.3) is 10.9 Å².